The van der Waals surface area contributed by atoms with Crippen LogP contribution in [0.5, 0.6) is 0 Å². The van der Waals surface area contributed by atoms with Crippen LogP contribution in [0.15, 0.2) is 231 Å². The van der Waals surface area contributed by atoms with E-state index < -0.39 is 125 Å². The highest BCUT2D eigenvalue weighted by atomic mass is 19.2. The number of halogens is 12. The van der Waals surface area contributed by atoms with E-state index >= 15 is 52.7 Å². The van der Waals surface area contributed by atoms with Gasteiger partial charge in [0.25, 0.3) is 0 Å². The number of benzene rings is 13. The number of rotatable bonds is 22. The molecule has 0 aliphatic rings. The quantitative estimate of drug-likeness (QED) is 0.0287. The summed E-state index contributed by atoms with van der Waals surface area (Å²) in [4.78, 5) is 14.7. The number of hydrogen-bond acceptors (Lipinski definition) is 8. The topological polar surface area (TPSA) is 25.9 Å². The van der Waals surface area contributed by atoms with Gasteiger partial charge in [-0.1, -0.05) is 121 Å². The Labute approximate surface area is 728 Å². The molecule has 0 spiro atoms. The molecule has 0 atom stereocenters. The van der Waals surface area contributed by atoms with Crippen molar-refractivity contribution in [1.82, 2.24) is 0 Å². The van der Waals surface area contributed by atoms with Crippen molar-refractivity contribution in [2.45, 2.75) is 0 Å². The van der Waals surface area contributed by atoms with E-state index in [9.17, 15) is 0 Å². The molecule has 0 aromatic heterocycles. The Morgan fingerprint density at radius 2 is 0.365 bits per heavy atom. The summed E-state index contributed by atoms with van der Waals surface area (Å²) in [5.74, 6) is -10.9. The molecule has 0 radical (unpaired) electrons. The SMILES string of the molecule is CN(C)c1ccc(C(=Cc2c(F)cc(F)c(F)c2-c2c(F)c(F)c(C#Cc3ccc(C#Cc4c(F)c(F)c(-c5c(F)c(F)cc(F)c5C=C(c5ccc(N(C)C)cc5)c5ccc(N(C)C)cc5)c(C=C(c5ccc(N(C)C)cc5)c5ccc(N(C)C)cc5)c4F)cc3)c(F)c2C=C(c2ccc(N(C)C)cc2)c2ccc(N(C)C)cc2)c2ccc(N(C)C)cc2)cc1. The molecule has 0 heterocycles. The maximum Gasteiger partial charge on any atom is 0.178 e. The smallest absolute Gasteiger partial charge is 0.178 e. The first kappa shape index (κ1) is 89.3. The summed E-state index contributed by atoms with van der Waals surface area (Å²) in [6.45, 7) is 0. The summed E-state index contributed by atoms with van der Waals surface area (Å²) in [5, 5.41) is 0. The molecule has 20 heteroatoms. The van der Waals surface area contributed by atoms with Crippen LogP contribution in [0.1, 0.15) is 89.0 Å². The lowest BCUT2D eigenvalue weighted by molar-refractivity contribution is 0.484. The largest absolute Gasteiger partial charge is 0.378 e. The Bertz CT molecular complexity index is 5920. The van der Waals surface area contributed by atoms with Gasteiger partial charge >= 0.3 is 0 Å². The average molecular weight is 1700 g/mol. The zero-order valence-electron chi connectivity index (χ0n) is 72.4. The molecule has 0 aliphatic carbocycles. The van der Waals surface area contributed by atoms with Crippen molar-refractivity contribution < 1.29 is 52.7 Å². The van der Waals surface area contributed by atoms with Crippen molar-refractivity contribution in [3.05, 3.63) is 389 Å². The second-order valence-electron chi connectivity index (χ2n) is 31.9. The molecular formula is C106H90F12N8. The molecule has 0 fully saturated rings. The molecule has 0 saturated carbocycles. The van der Waals surface area contributed by atoms with Crippen molar-refractivity contribution in [2.75, 3.05) is 152 Å². The van der Waals surface area contributed by atoms with E-state index in [2.05, 4.69) is 23.7 Å². The third-order valence-corrected chi connectivity index (χ3v) is 21.9. The van der Waals surface area contributed by atoms with Gasteiger partial charge in [0, 0.05) is 226 Å². The number of hydrogen-bond donors (Lipinski definition) is 0. The van der Waals surface area contributed by atoms with Crippen molar-refractivity contribution in [3.63, 3.8) is 0 Å². The molecule has 8 nitrogen and oxygen atoms in total. The highest BCUT2D eigenvalue weighted by molar-refractivity contribution is 6.02. The van der Waals surface area contributed by atoms with Crippen molar-refractivity contribution in [1.29, 1.82) is 0 Å². The average Bonchev–Trinajstić information content (AvgIpc) is 0.742. The molecule has 0 bridgehead atoms. The molecule has 13 rings (SSSR count). The van der Waals surface area contributed by atoms with E-state index in [-0.39, 0.29) is 45.6 Å². The summed E-state index contributed by atoms with van der Waals surface area (Å²) in [6, 6.07) is 61.5. The zero-order valence-corrected chi connectivity index (χ0v) is 72.4. The van der Waals surface area contributed by atoms with Crippen LogP contribution >= 0.6 is 0 Å². The fourth-order valence-electron chi connectivity index (χ4n) is 14.7. The predicted octanol–water partition coefficient (Wildman–Crippen LogP) is 24.4. The zero-order chi connectivity index (χ0) is 90.5. The molecule has 0 N–H and O–H groups in total. The normalized spacial score (nSPS) is 10.9. The van der Waals surface area contributed by atoms with Gasteiger partial charge in [-0.3, -0.25) is 0 Å². The van der Waals surface area contributed by atoms with E-state index in [0.717, 1.165) is 57.7 Å². The van der Waals surface area contributed by atoms with Crippen LogP contribution < -0.4 is 39.2 Å². The minimum atomic E-state index is -1.97. The van der Waals surface area contributed by atoms with E-state index in [1.54, 1.807) is 194 Å². The van der Waals surface area contributed by atoms with Crippen LogP contribution in [0.25, 0.3) is 68.9 Å². The van der Waals surface area contributed by atoms with Crippen molar-refractivity contribution >= 4 is 92.1 Å². The molecule has 13 aromatic carbocycles. The maximum absolute atomic E-state index is 18.7. The van der Waals surface area contributed by atoms with E-state index in [4.69, 9.17) is 0 Å². The minimum Gasteiger partial charge on any atom is -0.378 e. The van der Waals surface area contributed by atoms with Gasteiger partial charge in [-0.25, -0.2) is 52.7 Å². The summed E-state index contributed by atoms with van der Waals surface area (Å²) >= 11 is 0. The van der Waals surface area contributed by atoms with Gasteiger partial charge in [0.15, 0.2) is 46.5 Å². The van der Waals surface area contributed by atoms with Crippen LogP contribution in [0, 0.1) is 93.5 Å². The minimum absolute atomic E-state index is 0.0162. The first-order valence-electron chi connectivity index (χ1n) is 40.1. The molecule has 638 valence electrons. The molecule has 0 amide bonds. The first-order valence-corrected chi connectivity index (χ1v) is 40.1. The predicted molar refractivity (Wildman–Crippen MR) is 496 cm³/mol. The monoisotopic (exact) mass is 1700 g/mol. The van der Waals surface area contributed by atoms with Crippen molar-refractivity contribution in [2.24, 2.45) is 0 Å². The molecule has 13 aromatic rings. The lowest BCUT2D eigenvalue weighted by Gasteiger charge is -2.20. The third kappa shape index (κ3) is 18.9. The highest BCUT2D eigenvalue weighted by Crippen LogP contribution is 2.47. The second-order valence-corrected chi connectivity index (χ2v) is 31.9. The van der Waals surface area contributed by atoms with Gasteiger partial charge in [0.05, 0.1) is 0 Å². The van der Waals surface area contributed by atoms with Gasteiger partial charge in [0.2, 0.25) is 0 Å². The lowest BCUT2D eigenvalue weighted by Crippen LogP contribution is -2.09. The second kappa shape index (κ2) is 37.7. The first-order chi connectivity index (χ1) is 60.1. The molecular weight excluding hydrogens is 1610 g/mol. The van der Waals surface area contributed by atoms with Crippen LogP contribution in [-0.2, 0) is 0 Å². The summed E-state index contributed by atoms with van der Waals surface area (Å²) in [6.07, 6.45) is 4.67. The summed E-state index contributed by atoms with van der Waals surface area (Å²) < 4.78 is 212. The Balaban J connectivity index is 1.00. The fraction of sp³-hybridized carbons (Fsp3) is 0.151. The fourth-order valence-corrected chi connectivity index (χ4v) is 14.7. The van der Waals surface area contributed by atoms with E-state index in [1.807, 2.05) is 152 Å². The van der Waals surface area contributed by atoms with E-state index in [0.29, 0.717) is 44.5 Å². The van der Waals surface area contributed by atoms with Crippen LogP contribution in [0.2, 0.25) is 0 Å². The Morgan fingerprint density at radius 1 is 0.190 bits per heavy atom. The van der Waals surface area contributed by atoms with Gasteiger partial charge in [-0.2, -0.15) is 0 Å². The maximum atomic E-state index is 18.7. The van der Waals surface area contributed by atoms with E-state index in [1.165, 1.54) is 36.4 Å². The van der Waals surface area contributed by atoms with Gasteiger partial charge in [-0.15, -0.1) is 0 Å². The lowest BCUT2D eigenvalue weighted by atomic mass is 9.86. The Morgan fingerprint density at radius 3 is 0.548 bits per heavy atom. The van der Waals surface area contributed by atoms with Gasteiger partial charge in [0.1, 0.15) is 34.4 Å². The van der Waals surface area contributed by atoms with Crippen LogP contribution in [0.3, 0.4) is 0 Å². The van der Waals surface area contributed by atoms with Gasteiger partial charge in [-0.05, 0) is 212 Å². The van der Waals surface area contributed by atoms with Gasteiger partial charge < -0.3 is 39.2 Å². The summed E-state index contributed by atoms with van der Waals surface area (Å²) in [5.41, 5.74) is -0.110. The van der Waals surface area contributed by atoms with Crippen LogP contribution in [0.4, 0.5) is 98.2 Å². The highest BCUT2D eigenvalue weighted by Gasteiger charge is 2.34. The third-order valence-electron chi connectivity index (χ3n) is 21.9. The Hall–Kier alpha value is -14.5. The number of nitrogens with zero attached hydrogens (tertiary/aromatic N) is 8. The Kier molecular flexibility index (Phi) is 26.7. The standard InChI is InChI=1S/C106H90F12N8/c1-119(2)73-39-23-65(24-40-73)83(66-25-41-74(42-26-66)120(3)4)57-87-91(107)61-93(109)103(115)95(87)97-89(59-85(69-31-47-77(48-32-69)123(9)10)70-33-49-78(50-34-70)124(11)12)99(111)81(101(113)105(97)117)55-21-63-17-19-64(20-18-63)22-56-82-100(112)90(60-86(71-35-51-79(52-36-71)125(13)14)72-37-53-80(54-38-72)126(15)16)98(106(118)102(82)114)96-88(92(108)62-94(110)104(96)116)58-84(67-27-43-75(44-28-67)121(5)6)68-29-45-76(46-30-68)122(7)8/h17-20,23-54,57-62H,1-16H3. The molecule has 0 unspecified atom stereocenters. The van der Waals surface area contributed by atoms with Crippen molar-refractivity contribution in [3.8, 4) is 45.9 Å². The molecule has 0 saturated heterocycles. The molecule has 126 heavy (non-hydrogen) atoms. The number of anilines is 8. The van der Waals surface area contributed by atoms with Crippen LogP contribution in [-0.4, -0.2) is 113 Å². The molecule has 0 aliphatic heterocycles. The summed E-state index contributed by atoms with van der Waals surface area (Å²) in [7, 11) is 29.2.